The molecule has 0 bridgehead atoms. The minimum atomic E-state index is 0.952. The Morgan fingerprint density at radius 2 is 0.767 bits per heavy atom. The smallest absolute Gasteiger partial charge is 0.0351 e. The Bertz CT molecular complexity index is 316. The summed E-state index contributed by atoms with van der Waals surface area (Å²) in [5.41, 5.74) is 0. The molecule has 0 spiro atoms. The fraction of sp³-hybridized carbons (Fsp3) is 0.933. The molecule has 0 aliphatic heterocycles. The van der Waals surface area contributed by atoms with Gasteiger partial charge in [0.2, 0.25) is 0 Å². The van der Waals surface area contributed by atoms with Gasteiger partial charge in [-0.1, -0.05) is 161 Å². The molecule has 0 radical (unpaired) electrons. The van der Waals surface area contributed by atoms with Gasteiger partial charge in [-0.2, -0.15) is 0 Å². The molecule has 0 saturated carbocycles. The summed E-state index contributed by atoms with van der Waals surface area (Å²) in [6, 6.07) is 0. The van der Waals surface area contributed by atoms with Crippen LogP contribution in [0, 0.1) is 5.92 Å². The van der Waals surface area contributed by atoms with Crippen molar-refractivity contribution >= 4 is 0 Å². The zero-order valence-electron chi connectivity index (χ0n) is 21.7. The summed E-state index contributed by atoms with van der Waals surface area (Å²) in [4.78, 5) is 0. The third kappa shape index (κ3) is 25.8. The number of unbranched alkanes of at least 4 members (excludes halogenated alkanes) is 19. The van der Waals surface area contributed by atoms with Crippen molar-refractivity contribution < 1.29 is 0 Å². The summed E-state index contributed by atoms with van der Waals surface area (Å²) in [5.74, 6) is 0.952. The fourth-order valence-corrected chi connectivity index (χ4v) is 4.61. The van der Waals surface area contributed by atoms with Crippen LogP contribution < -0.4 is 0 Å². The van der Waals surface area contributed by atoms with Crippen molar-refractivity contribution in [2.24, 2.45) is 5.92 Å². The second-order valence-electron chi connectivity index (χ2n) is 10.1. The lowest BCUT2D eigenvalue weighted by atomic mass is 9.98. The lowest BCUT2D eigenvalue weighted by Crippen LogP contribution is -1.93. The minimum Gasteiger partial charge on any atom is -0.0885 e. The van der Waals surface area contributed by atoms with Crippen molar-refractivity contribution in [1.29, 1.82) is 0 Å². The van der Waals surface area contributed by atoms with E-state index in [1.165, 1.54) is 154 Å². The van der Waals surface area contributed by atoms with Crippen LogP contribution in [0.2, 0.25) is 0 Å². The third-order valence-corrected chi connectivity index (χ3v) is 6.74. The van der Waals surface area contributed by atoms with Gasteiger partial charge in [-0.05, 0) is 31.6 Å². The highest BCUT2D eigenvalue weighted by molar-refractivity contribution is 4.81. The van der Waals surface area contributed by atoms with Crippen molar-refractivity contribution in [2.45, 2.75) is 175 Å². The van der Waals surface area contributed by atoms with Crippen LogP contribution in [0.15, 0.2) is 12.2 Å². The lowest BCUT2D eigenvalue weighted by Gasteiger charge is -2.08. The van der Waals surface area contributed by atoms with Crippen molar-refractivity contribution in [2.75, 3.05) is 0 Å². The van der Waals surface area contributed by atoms with Crippen LogP contribution in [-0.2, 0) is 0 Å². The Morgan fingerprint density at radius 1 is 0.400 bits per heavy atom. The van der Waals surface area contributed by atoms with Crippen molar-refractivity contribution in [1.82, 2.24) is 0 Å². The molecule has 1 atom stereocenters. The SMILES string of the molecule is CCCCCCCCCCCCCCCC/C=C/CCCCCCCC(C)CCC. The van der Waals surface area contributed by atoms with Gasteiger partial charge in [0.05, 0.1) is 0 Å². The molecule has 0 nitrogen and oxygen atoms in total. The normalized spacial score (nSPS) is 12.8. The Kier molecular flexibility index (Phi) is 26.5. The van der Waals surface area contributed by atoms with E-state index in [0.29, 0.717) is 0 Å². The molecule has 0 aromatic rings. The van der Waals surface area contributed by atoms with E-state index < -0.39 is 0 Å². The maximum absolute atomic E-state index is 2.45. The van der Waals surface area contributed by atoms with Gasteiger partial charge in [-0.3, -0.25) is 0 Å². The van der Waals surface area contributed by atoms with Crippen LogP contribution in [-0.4, -0.2) is 0 Å². The Balaban J connectivity index is 3.10. The summed E-state index contributed by atoms with van der Waals surface area (Å²) < 4.78 is 0. The van der Waals surface area contributed by atoms with E-state index in [0.717, 1.165) is 5.92 Å². The van der Waals surface area contributed by atoms with Crippen LogP contribution in [0.5, 0.6) is 0 Å². The van der Waals surface area contributed by atoms with E-state index >= 15 is 0 Å². The first-order valence-corrected chi connectivity index (χ1v) is 14.5. The largest absolute Gasteiger partial charge is 0.0885 e. The lowest BCUT2D eigenvalue weighted by molar-refractivity contribution is 0.452. The molecule has 0 fully saturated rings. The van der Waals surface area contributed by atoms with Gasteiger partial charge in [0, 0.05) is 0 Å². The Labute approximate surface area is 193 Å². The molecule has 0 rings (SSSR count). The summed E-state index contributed by atoms with van der Waals surface area (Å²) in [7, 11) is 0. The highest BCUT2D eigenvalue weighted by Gasteiger charge is 1.99. The highest BCUT2D eigenvalue weighted by Crippen LogP contribution is 2.16. The van der Waals surface area contributed by atoms with Gasteiger partial charge in [-0.15, -0.1) is 0 Å². The standard InChI is InChI=1S/C30H60/c1-4-6-7-8-9-10-11-12-13-14-15-16-17-18-19-20-21-22-23-24-25-26-27-29-30(3)28-5-2/h20-21,30H,4-19,22-29H2,1-3H3/b21-20+. The predicted octanol–water partition coefficient (Wildman–Crippen LogP) is 11.6. The number of rotatable bonds is 25. The number of hydrogen-bond donors (Lipinski definition) is 0. The van der Waals surface area contributed by atoms with Crippen LogP contribution >= 0.6 is 0 Å². The van der Waals surface area contributed by atoms with E-state index in [1.807, 2.05) is 0 Å². The van der Waals surface area contributed by atoms with Crippen molar-refractivity contribution in [3.05, 3.63) is 12.2 Å². The first-order valence-electron chi connectivity index (χ1n) is 14.5. The number of allylic oxidation sites excluding steroid dienone is 2. The summed E-state index contributed by atoms with van der Waals surface area (Å²) >= 11 is 0. The second-order valence-corrected chi connectivity index (χ2v) is 10.1. The van der Waals surface area contributed by atoms with Gasteiger partial charge in [-0.25, -0.2) is 0 Å². The van der Waals surface area contributed by atoms with Crippen LogP contribution in [0.4, 0.5) is 0 Å². The molecule has 0 saturated heterocycles. The zero-order chi connectivity index (χ0) is 22.0. The van der Waals surface area contributed by atoms with Gasteiger partial charge in [0.1, 0.15) is 0 Å². The Hall–Kier alpha value is -0.260. The summed E-state index contributed by atoms with van der Waals surface area (Å²) in [5, 5.41) is 0. The first kappa shape index (κ1) is 29.7. The van der Waals surface area contributed by atoms with Crippen LogP contribution in [0.3, 0.4) is 0 Å². The molecule has 0 aliphatic carbocycles. The zero-order valence-corrected chi connectivity index (χ0v) is 21.7. The van der Waals surface area contributed by atoms with Gasteiger partial charge in [0.25, 0.3) is 0 Å². The molecule has 0 aromatic carbocycles. The van der Waals surface area contributed by atoms with E-state index in [1.54, 1.807) is 0 Å². The molecule has 1 unspecified atom stereocenters. The monoisotopic (exact) mass is 420 g/mol. The van der Waals surface area contributed by atoms with E-state index in [4.69, 9.17) is 0 Å². The van der Waals surface area contributed by atoms with E-state index in [9.17, 15) is 0 Å². The first-order chi connectivity index (χ1) is 14.8. The molecule has 0 aliphatic rings. The molecule has 30 heavy (non-hydrogen) atoms. The molecule has 0 N–H and O–H groups in total. The van der Waals surface area contributed by atoms with E-state index in [2.05, 4.69) is 32.9 Å². The number of hydrogen-bond acceptors (Lipinski definition) is 0. The molecule has 0 amide bonds. The minimum absolute atomic E-state index is 0.952. The van der Waals surface area contributed by atoms with E-state index in [-0.39, 0.29) is 0 Å². The van der Waals surface area contributed by atoms with Gasteiger partial charge < -0.3 is 0 Å². The molecule has 0 aromatic heterocycles. The van der Waals surface area contributed by atoms with Crippen molar-refractivity contribution in [3.8, 4) is 0 Å². The Morgan fingerprint density at radius 3 is 1.17 bits per heavy atom. The maximum Gasteiger partial charge on any atom is -0.0351 e. The van der Waals surface area contributed by atoms with Crippen LogP contribution in [0.25, 0.3) is 0 Å². The second kappa shape index (κ2) is 26.8. The predicted molar refractivity (Wildman–Crippen MR) is 140 cm³/mol. The van der Waals surface area contributed by atoms with Crippen molar-refractivity contribution in [3.63, 3.8) is 0 Å². The third-order valence-electron chi connectivity index (χ3n) is 6.74. The highest BCUT2D eigenvalue weighted by atomic mass is 14.1. The summed E-state index contributed by atoms with van der Waals surface area (Å²) in [6.07, 6.45) is 39.3. The fourth-order valence-electron chi connectivity index (χ4n) is 4.61. The van der Waals surface area contributed by atoms with Crippen LogP contribution in [0.1, 0.15) is 175 Å². The quantitative estimate of drug-likeness (QED) is 0.102. The van der Waals surface area contributed by atoms with Gasteiger partial charge in [0.15, 0.2) is 0 Å². The molecule has 180 valence electrons. The average molecular weight is 421 g/mol. The topological polar surface area (TPSA) is 0 Å². The molecule has 0 heterocycles. The average Bonchev–Trinajstić information content (AvgIpc) is 2.74. The summed E-state index contributed by atoms with van der Waals surface area (Å²) in [6.45, 7) is 7.03. The van der Waals surface area contributed by atoms with Gasteiger partial charge >= 0.3 is 0 Å². The molecule has 0 heteroatoms. The molecular formula is C30H60. The maximum atomic E-state index is 2.45. The molecular weight excluding hydrogens is 360 g/mol.